The van der Waals surface area contributed by atoms with Gasteiger partial charge in [-0.15, -0.1) is 0 Å². The van der Waals surface area contributed by atoms with Crippen molar-refractivity contribution in [2.24, 2.45) is 0 Å². The molecule has 0 aliphatic rings. The number of hydrogen-bond donors (Lipinski definition) is 1. The van der Waals surface area contributed by atoms with Crippen molar-refractivity contribution < 1.29 is 0 Å². The highest BCUT2D eigenvalue weighted by Gasteiger charge is 2.09. The Morgan fingerprint density at radius 3 is 2.82 bits per heavy atom. The molecule has 0 aliphatic carbocycles. The van der Waals surface area contributed by atoms with Crippen LogP contribution in [0.3, 0.4) is 0 Å². The summed E-state index contributed by atoms with van der Waals surface area (Å²) in [5.41, 5.74) is 2.03. The summed E-state index contributed by atoms with van der Waals surface area (Å²) in [6.07, 6.45) is 0. The van der Waals surface area contributed by atoms with E-state index in [1.165, 1.54) is 0 Å². The number of nitrogens with zero attached hydrogens (tertiary/aromatic N) is 2. The summed E-state index contributed by atoms with van der Waals surface area (Å²) >= 11 is 3.20. The second-order valence-electron chi connectivity index (χ2n) is 2.10. The lowest BCUT2D eigenvalue weighted by Crippen LogP contribution is -1.80. The maximum absolute atomic E-state index is 8.54. The lowest BCUT2D eigenvalue weighted by atomic mass is 10.1. The fraction of sp³-hybridized carbons (Fsp3) is 0.143. The monoisotopic (exact) mass is 211 g/mol. The van der Waals surface area contributed by atoms with Crippen molar-refractivity contribution in [3.8, 4) is 6.07 Å². The number of rotatable bonds is 1. The van der Waals surface area contributed by atoms with Gasteiger partial charge in [-0.1, -0.05) is 6.58 Å². The van der Waals surface area contributed by atoms with Gasteiger partial charge in [0.2, 0.25) is 0 Å². The van der Waals surface area contributed by atoms with Gasteiger partial charge in [0, 0.05) is 11.3 Å². The predicted molar refractivity (Wildman–Crippen MR) is 45.7 cm³/mol. The van der Waals surface area contributed by atoms with Gasteiger partial charge in [-0.25, -0.2) is 0 Å². The molecular formula is C7H6BrN3. The number of nitrogens with one attached hydrogen (secondary N) is 1. The van der Waals surface area contributed by atoms with E-state index in [0.717, 1.165) is 11.3 Å². The van der Waals surface area contributed by atoms with Crippen molar-refractivity contribution in [3.63, 3.8) is 0 Å². The Kier molecular flexibility index (Phi) is 2.11. The predicted octanol–water partition coefficient (Wildman–Crippen LogP) is 2.02. The Morgan fingerprint density at radius 2 is 2.45 bits per heavy atom. The van der Waals surface area contributed by atoms with Gasteiger partial charge >= 0.3 is 0 Å². The average Bonchev–Trinajstić information content (AvgIpc) is 2.30. The van der Waals surface area contributed by atoms with E-state index in [4.69, 9.17) is 5.26 Å². The Bertz CT molecular complexity index is 312. The molecule has 0 amide bonds. The quantitative estimate of drug-likeness (QED) is 0.724. The third-order valence-electron chi connectivity index (χ3n) is 1.34. The maximum atomic E-state index is 8.54. The molecule has 0 unspecified atom stereocenters. The molecule has 0 spiro atoms. The Balaban J connectivity index is 3.23. The van der Waals surface area contributed by atoms with E-state index in [0.29, 0.717) is 10.2 Å². The van der Waals surface area contributed by atoms with Crippen molar-refractivity contribution in [3.05, 3.63) is 22.4 Å². The zero-order chi connectivity index (χ0) is 8.43. The third-order valence-corrected chi connectivity index (χ3v) is 1.91. The van der Waals surface area contributed by atoms with Crippen LogP contribution < -0.4 is 0 Å². The minimum atomic E-state index is 0.420. The van der Waals surface area contributed by atoms with Gasteiger partial charge in [-0.2, -0.15) is 10.4 Å². The number of halogens is 1. The maximum Gasteiger partial charge on any atom is 0.136 e. The van der Waals surface area contributed by atoms with Gasteiger partial charge in [0.25, 0.3) is 0 Å². The molecule has 0 bridgehead atoms. The Labute approximate surface area is 72.9 Å². The molecule has 56 valence electrons. The molecule has 1 heterocycles. The minimum Gasteiger partial charge on any atom is -0.281 e. The van der Waals surface area contributed by atoms with Crippen LogP contribution in [0.25, 0.3) is 5.57 Å². The van der Waals surface area contributed by atoms with Crippen molar-refractivity contribution in [1.82, 2.24) is 10.2 Å². The molecule has 1 aromatic heterocycles. The lowest BCUT2D eigenvalue weighted by Gasteiger charge is -1.92. The fourth-order valence-corrected chi connectivity index (χ4v) is 1.43. The zero-order valence-corrected chi connectivity index (χ0v) is 7.57. The number of hydrogen-bond acceptors (Lipinski definition) is 2. The molecule has 11 heavy (non-hydrogen) atoms. The van der Waals surface area contributed by atoms with Crippen LogP contribution in [0.2, 0.25) is 0 Å². The first-order valence-corrected chi connectivity index (χ1v) is 3.76. The normalized spacial score (nSPS) is 9.18. The third kappa shape index (κ3) is 1.33. The van der Waals surface area contributed by atoms with E-state index in [1.807, 2.05) is 13.0 Å². The van der Waals surface area contributed by atoms with Gasteiger partial charge in [-0.05, 0) is 22.9 Å². The first-order chi connectivity index (χ1) is 5.16. The van der Waals surface area contributed by atoms with Crippen molar-refractivity contribution >= 4 is 21.5 Å². The SMILES string of the molecule is C=C(C#N)c1c(Br)n[nH]c1C. The highest BCUT2D eigenvalue weighted by Crippen LogP contribution is 2.23. The standard InChI is InChI=1S/C7H6BrN3/c1-4(3-9)6-5(2)10-11-7(6)8/h1H2,2H3,(H,10,11). The Hall–Kier alpha value is -1.08. The van der Waals surface area contributed by atoms with Gasteiger partial charge in [0.15, 0.2) is 0 Å². The highest BCUT2D eigenvalue weighted by molar-refractivity contribution is 9.10. The van der Waals surface area contributed by atoms with Crippen LogP contribution in [0.1, 0.15) is 11.3 Å². The molecule has 0 saturated carbocycles. The largest absolute Gasteiger partial charge is 0.281 e. The zero-order valence-electron chi connectivity index (χ0n) is 5.98. The molecule has 1 aromatic rings. The van der Waals surface area contributed by atoms with Crippen molar-refractivity contribution in [1.29, 1.82) is 5.26 Å². The second kappa shape index (κ2) is 2.89. The minimum absolute atomic E-state index is 0.420. The number of allylic oxidation sites excluding steroid dienone is 1. The molecule has 4 heteroatoms. The molecule has 0 radical (unpaired) electrons. The van der Waals surface area contributed by atoms with Gasteiger partial charge < -0.3 is 0 Å². The van der Waals surface area contributed by atoms with E-state index >= 15 is 0 Å². The Morgan fingerprint density at radius 1 is 1.82 bits per heavy atom. The molecule has 0 fully saturated rings. The van der Waals surface area contributed by atoms with Crippen LogP contribution in [0.15, 0.2) is 11.2 Å². The number of aromatic nitrogens is 2. The average molecular weight is 212 g/mol. The molecule has 3 nitrogen and oxygen atoms in total. The second-order valence-corrected chi connectivity index (χ2v) is 2.86. The van der Waals surface area contributed by atoms with Crippen molar-refractivity contribution in [2.75, 3.05) is 0 Å². The van der Waals surface area contributed by atoms with Gasteiger partial charge in [0.1, 0.15) is 4.60 Å². The molecule has 1 rings (SSSR count). The summed E-state index contributed by atoms with van der Waals surface area (Å²) < 4.78 is 0.640. The van der Waals surface area contributed by atoms with E-state index in [-0.39, 0.29) is 0 Å². The summed E-state index contributed by atoms with van der Waals surface area (Å²) in [5, 5.41) is 15.2. The smallest absolute Gasteiger partial charge is 0.136 e. The molecule has 0 saturated heterocycles. The topological polar surface area (TPSA) is 52.5 Å². The van der Waals surface area contributed by atoms with E-state index in [2.05, 4.69) is 32.7 Å². The van der Waals surface area contributed by atoms with Gasteiger partial charge in [0.05, 0.1) is 11.6 Å². The number of aryl methyl sites for hydroxylation is 1. The molecule has 0 aromatic carbocycles. The lowest BCUT2D eigenvalue weighted by molar-refractivity contribution is 1.03. The first kappa shape index (κ1) is 8.02. The van der Waals surface area contributed by atoms with E-state index in [9.17, 15) is 0 Å². The fourth-order valence-electron chi connectivity index (χ4n) is 0.806. The van der Waals surface area contributed by atoms with E-state index < -0.39 is 0 Å². The van der Waals surface area contributed by atoms with Crippen LogP contribution >= 0.6 is 15.9 Å². The first-order valence-electron chi connectivity index (χ1n) is 2.96. The van der Waals surface area contributed by atoms with Crippen LogP contribution in [0, 0.1) is 18.3 Å². The van der Waals surface area contributed by atoms with Crippen LogP contribution in [0.5, 0.6) is 0 Å². The summed E-state index contributed by atoms with van der Waals surface area (Å²) in [5.74, 6) is 0. The number of nitriles is 1. The van der Waals surface area contributed by atoms with Crippen LogP contribution in [-0.4, -0.2) is 10.2 Å². The summed E-state index contributed by atoms with van der Waals surface area (Å²) in [6, 6.07) is 1.96. The van der Waals surface area contributed by atoms with E-state index in [1.54, 1.807) is 0 Å². The summed E-state index contributed by atoms with van der Waals surface area (Å²) in [7, 11) is 0. The van der Waals surface area contributed by atoms with Gasteiger partial charge in [-0.3, -0.25) is 5.10 Å². The molecule has 0 atom stereocenters. The highest BCUT2D eigenvalue weighted by atomic mass is 79.9. The molecule has 0 aliphatic heterocycles. The van der Waals surface area contributed by atoms with Crippen LogP contribution in [0.4, 0.5) is 0 Å². The van der Waals surface area contributed by atoms with Crippen LogP contribution in [-0.2, 0) is 0 Å². The molecule has 1 N–H and O–H groups in total. The number of aromatic amines is 1. The molecular weight excluding hydrogens is 206 g/mol. The summed E-state index contributed by atoms with van der Waals surface area (Å²) in [6.45, 7) is 5.43. The number of H-pyrrole nitrogens is 1. The van der Waals surface area contributed by atoms with Crippen molar-refractivity contribution in [2.45, 2.75) is 6.92 Å². The summed E-state index contributed by atoms with van der Waals surface area (Å²) in [4.78, 5) is 0.